The lowest BCUT2D eigenvalue weighted by Gasteiger charge is -2.38. The summed E-state index contributed by atoms with van der Waals surface area (Å²) in [6, 6.07) is 3.61. The number of nitrogens with zero attached hydrogens (tertiary/aromatic N) is 2. The van der Waals surface area contributed by atoms with Crippen LogP contribution in [0.3, 0.4) is 0 Å². The van der Waals surface area contributed by atoms with E-state index in [4.69, 9.17) is 9.47 Å². The van der Waals surface area contributed by atoms with Crippen molar-refractivity contribution in [3.05, 3.63) is 34.6 Å². The van der Waals surface area contributed by atoms with Gasteiger partial charge in [0.25, 0.3) is 0 Å². The van der Waals surface area contributed by atoms with Gasteiger partial charge in [0.1, 0.15) is 15.8 Å². The summed E-state index contributed by atoms with van der Waals surface area (Å²) in [5.41, 5.74) is -0.636. The molecule has 1 amide bonds. The van der Waals surface area contributed by atoms with E-state index in [-0.39, 0.29) is 11.9 Å². The van der Waals surface area contributed by atoms with Crippen molar-refractivity contribution in [1.29, 1.82) is 0 Å². The van der Waals surface area contributed by atoms with Gasteiger partial charge in [-0.25, -0.2) is 4.79 Å². The predicted octanol–water partition coefficient (Wildman–Crippen LogP) is 3.51. The first-order valence-electron chi connectivity index (χ1n) is 8.24. The number of piperidine rings is 1. The highest BCUT2D eigenvalue weighted by Crippen LogP contribution is 2.44. The molecule has 0 unspecified atom stereocenters. The number of Topliss-reactive ketones (excluding diaryl/α,β-unsaturated/α-hetero) is 1. The van der Waals surface area contributed by atoms with Crippen LogP contribution in [-0.4, -0.2) is 46.1 Å². The third-order valence-corrected chi connectivity index (χ3v) is 5.00. The number of rotatable bonds is 1. The Morgan fingerprint density at radius 1 is 1.28 bits per heavy atom. The molecule has 2 aliphatic heterocycles. The Labute approximate surface area is 155 Å². The summed E-state index contributed by atoms with van der Waals surface area (Å²) in [5, 5.41) is 0. The van der Waals surface area contributed by atoms with Crippen LogP contribution in [0.25, 0.3) is 5.76 Å². The summed E-state index contributed by atoms with van der Waals surface area (Å²) in [6.07, 6.45) is 3.84. The van der Waals surface area contributed by atoms with E-state index in [9.17, 15) is 9.59 Å². The Morgan fingerprint density at radius 2 is 1.88 bits per heavy atom. The van der Waals surface area contributed by atoms with E-state index in [2.05, 4.69) is 20.9 Å². The molecule has 0 N–H and O–H groups in total. The third-order valence-electron chi connectivity index (χ3n) is 4.28. The summed E-state index contributed by atoms with van der Waals surface area (Å²) < 4.78 is 12.0. The van der Waals surface area contributed by atoms with Gasteiger partial charge < -0.3 is 14.4 Å². The van der Waals surface area contributed by atoms with E-state index in [0.717, 1.165) is 5.56 Å². The summed E-state index contributed by atoms with van der Waals surface area (Å²) >= 11 is 3.38. The second-order valence-electron chi connectivity index (χ2n) is 7.27. The number of aromatic nitrogens is 1. The van der Waals surface area contributed by atoms with Crippen LogP contribution in [0, 0.1) is 0 Å². The molecule has 0 radical (unpaired) electrons. The molecule has 7 heteroatoms. The molecule has 1 aromatic heterocycles. The van der Waals surface area contributed by atoms with Crippen molar-refractivity contribution in [2.75, 3.05) is 13.1 Å². The van der Waals surface area contributed by atoms with E-state index >= 15 is 0 Å². The smallest absolute Gasteiger partial charge is 0.410 e. The molecule has 0 saturated carbocycles. The van der Waals surface area contributed by atoms with Gasteiger partial charge in [0.05, 0.1) is 0 Å². The number of amides is 1. The molecule has 2 aliphatic rings. The van der Waals surface area contributed by atoms with Crippen LogP contribution in [0.5, 0.6) is 0 Å². The zero-order valence-corrected chi connectivity index (χ0v) is 16.1. The van der Waals surface area contributed by atoms with Crippen LogP contribution in [0.1, 0.15) is 39.2 Å². The van der Waals surface area contributed by atoms with E-state index in [0.29, 0.717) is 36.2 Å². The molecule has 0 aromatic carbocycles. The number of likely N-dealkylation sites (tertiary alicyclic amines) is 1. The molecular formula is C18H21BrN2O4. The van der Waals surface area contributed by atoms with Crippen LogP contribution in [0.15, 0.2) is 29.0 Å². The molecule has 0 atom stereocenters. The minimum Gasteiger partial charge on any atom is -0.477 e. The van der Waals surface area contributed by atoms with Gasteiger partial charge in [-0.3, -0.25) is 9.78 Å². The van der Waals surface area contributed by atoms with Gasteiger partial charge in [-0.05, 0) is 48.8 Å². The minimum atomic E-state index is -0.907. The molecule has 1 spiro atoms. The Balaban J connectivity index is 1.70. The molecule has 134 valence electrons. The molecule has 0 aliphatic carbocycles. The molecule has 1 fully saturated rings. The average Bonchev–Trinajstić information content (AvgIpc) is 2.80. The van der Waals surface area contributed by atoms with Crippen LogP contribution in [0.2, 0.25) is 0 Å². The summed E-state index contributed by atoms with van der Waals surface area (Å²) in [7, 11) is 0. The number of hydrogen-bond donors (Lipinski definition) is 0. The van der Waals surface area contributed by atoms with Gasteiger partial charge in [0.2, 0.25) is 5.78 Å². The number of halogens is 1. The fourth-order valence-corrected chi connectivity index (χ4v) is 3.66. The maximum Gasteiger partial charge on any atom is 0.410 e. The van der Waals surface area contributed by atoms with Crippen LogP contribution in [-0.2, 0) is 14.3 Å². The maximum absolute atomic E-state index is 12.8. The lowest BCUT2D eigenvalue weighted by atomic mass is 9.88. The van der Waals surface area contributed by atoms with Gasteiger partial charge in [-0.2, -0.15) is 0 Å². The lowest BCUT2D eigenvalue weighted by Crippen LogP contribution is -2.51. The highest BCUT2D eigenvalue weighted by molar-refractivity contribution is 9.12. The second kappa shape index (κ2) is 6.44. The largest absolute Gasteiger partial charge is 0.477 e. The second-order valence-corrected chi connectivity index (χ2v) is 8.06. The molecule has 1 aromatic rings. The fourth-order valence-electron chi connectivity index (χ4n) is 2.98. The number of hydrogen-bond acceptors (Lipinski definition) is 5. The van der Waals surface area contributed by atoms with Gasteiger partial charge in [-0.15, -0.1) is 0 Å². The molecule has 25 heavy (non-hydrogen) atoms. The van der Waals surface area contributed by atoms with Crippen LogP contribution >= 0.6 is 15.9 Å². The van der Waals surface area contributed by atoms with Crippen molar-refractivity contribution < 1.29 is 19.1 Å². The third kappa shape index (κ3) is 3.56. The van der Waals surface area contributed by atoms with Gasteiger partial charge in [-0.1, -0.05) is 0 Å². The summed E-state index contributed by atoms with van der Waals surface area (Å²) in [6.45, 7) is 6.35. The van der Waals surface area contributed by atoms with Crippen molar-refractivity contribution in [2.45, 2.75) is 44.8 Å². The first-order chi connectivity index (χ1) is 11.7. The van der Waals surface area contributed by atoms with E-state index in [1.54, 1.807) is 29.4 Å². The van der Waals surface area contributed by atoms with Gasteiger partial charge in [0, 0.05) is 43.9 Å². The minimum absolute atomic E-state index is 0.0665. The lowest BCUT2D eigenvalue weighted by molar-refractivity contribution is -0.133. The first kappa shape index (κ1) is 17.9. The Hall–Kier alpha value is -1.89. The number of carbonyl (C=O) groups excluding carboxylic acids is 2. The van der Waals surface area contributed by atoms with Crippen LogP contribution < -0.4 is 0 Å². The molecule has 0 bridgehead atoms. The van der Waals surface area contributed by atoms with E-state index in [1.165, 1.54) is 0 Å². The van der Waals surface area contributed by atoms with Crippen molar-refractivity contribution in [1.82, 2.24) is 9.88 Å². The maximum atomic E-state index is 12.8. The average molecular weight is 409 g/mol. The molecule has 3 rings (SSSR count). The molecule has 3 heterocycles. The summed E-state index contributed by atoms with van der Waals surface area (Å²) in [5.74, 6) is 0.473. The van der Waals surface area contributed by atoms with E-state index < -0.39 is 11.2 Å². The standard InChI is InChI=1S/C18H21BrN2O4/c1-17(2,3)25-16(23)21-10-6-18(7-11-21)15(22)13(19)14(24-18)12-4-8-20-9-5-12/h4-5,8-9H,6-7,10-11H2,1-3H3. The monoisotopic (exact) mass is 408 g/mol. The van der Waals surface area contributed by atoms with Gasteiger partial charge in [0.15, 0.2) is 5.60 Å². The zero-order valence-electron chi connectivity index (χ0n) is 14.5. The topological polar surface area (TPSA) is 68.7 Å². The van der Waals surface area contributed by atoms with Crippen molar-refractivity contribution in [3.8, 4) is 0 Å². The van der Waals surface area contributed by atoms with Crippen LogP contribution in [0.4, 0.5) is 4.79 Å². The van der Waals surface area contributed by atoms with Gasteiger partial charge >= 0.3 is 6.09 Å². The highest BCUT2D eigenvalue weighted by atomic mass is 79.9. The van der Waals surface area contributed by atoms with E-state index in [1.807, 2.05) is 20.8 Å². The number of carbonyl (C=O) groups is 2. The number of pyridine rings is 1. The quantitative estimate of drug-likeness (QED) is 0.710. The number of ketones is 1. The molecule has 6 nitrogen and oxygen atoms in total. The molecule has 1 saturated heterocycles. The Bertz CT molecular complexity index is 716. The number of ether oxygens (including phenoxy) is 2. The predicted molar refractivity (Wildman–Crippen MR) is 95.9 cm³/mol. The van der Waals surface area contributed by atoms with Crippen molar-refractivity contribution in [2.24, 2.45) is 0 Å². The van der Waals surface area contributed by atoms with Crippen molar-refractivity contribution >= 4 is 33.6 Å². The fraction of sp³-hybridized carbons (Fsp3) is 0.500. The summed E-state index contributed by atoms with van der Waals surface area (Å²) in [4.78, 5) is 30.6. The SMILES string of the molecule is CC(C)(C)OC(=O)N1CCC2(CC1)OC(c1ccncc1)=C(Br)C2=O. The normalized spacial score (nSPS) is 20.0. The Morgan fingerprint density at radius 3 is 2.44 bits per heavy atom. The highest BCUT2D eigenvalue weighted by Gasteiger charge is 2.51. The molecular weight excluding hydrogens is 388 g/mol. The first-order valence-corrected chi connectivity index (χ1v) is 9.03. The van der Waals surface area contributed by atoms with Crippen molar-refractivity contribution in [3.63, 3.8) is 0 Å². The zero-order chi connectivity index (χ0) is 18.2. The Kier molecular flexibility index (Phi) is 4.62.